The molecule has 3 aromatic heterocycles. The van der Waals surface area contributed by atoms with Crippen LogP contribution in [0.3, 0.4) is 0 Å². The summed E-state index contributed by atoms with van der Waals surface area (Å²) in [6.07, 6.45) is 1.94. The molecule has 4 aromatic rings. The van der Waals surface area contributed by atoms with Crippen LogP contribution in [0.4, 0.5) is 0 Å². The number of hydrogen-bond acceptors (Lipinski definition) is 5. The van der Waals surface area contributed by atoms with Gasteiger partial charge in [0.15, 0.2) is 0 Å². The Hall–Kier alpha value is -2.73. The second-order valence-corrected chi connectivity index (χ2v) is 11.5. The Morgan fingerprint density at radius 3 is 2.38 bits per heavy atom. The Kier molecular flexibility index (Phi) is 4.55. The van der Waals surface area contributed by atoms with Crippen molar-refractivity contribution in [1.29, 1.82) is 0 Å². The highest BCUT2D eigenvalue weighted by atomic mass is 16.5. The normalized spacial score (nSPS) is 16.6. The average molecular weight is 433 g/mol. The summed E-state index contributed by atoms with van der Waals surface area (Å²) >= 11 is 0. The summed E-state index contributed by atoms with van der Waals surface area (Å²) in [4.78, 5) is 14.9. The summed E-state index contributed by atoms with van der Waals surface area (Å²) in [5.41, 5.74) is 4.67. The fourth-order valence-electron chi connectivity index (χ4n) is 4.12. The Balaban J connectivity index is 1.70. The lowest BCUT2D eigenvalue weighted by atomic mass is 9.90. The van der Waals surface area contributed by atoms with E-state index in [-0.39, 0.29) is 16.2 Å². The molecule has 0 saturated carbocycles. The first-order valence-corrected chi connectivity index (χ1v) is 11.3. The van der Waals surface area contributed by atoms with Gasteiger partial charge in [0.2, 0.25) is 0 Å². The molecule has 5 rings (SSSR count). The Labute approximate surface area is 189 Å². The average Bonchev–Trinajstić information content (AvgIpc) is 3.07. The summed E-state index contributed by atoms with van der Waals surface area (Å²) in [6, 6.07) is 8.23. The van der Waals surface area contributed by atoms with E-state index in [0.717, 1.165) is 58.1 Å². The van der Waals surface area contributed by atoms with Crippen LogP contribution in [0, 0.1) is 5.41 Å². The first kappa shape index (κ1) is 21.1. The zero-order chi connectivity index (χ0) is 22.9. The van der Waals surface area contributed by atoms with Crippen LogP contribution < -0.4 is 4.74 Å². The Morgan fingerprint density at radius 2 is 1.75 bits per heavy atom. The molecule has 6 heteroatoms. The monoisotopic (exact) mass is 432 g/mol. The molecule has 4 heterocycles. The van der Waals surface area contributed by atoms with E-state index in [0.29, 0.717) is 6.61 Å². The highest BCUT2D eigenvalue weighted by Crippen LogP contribution is 2.33. The number of nitrogens with zero attached hydrogens (tertiary/aromatic N) is 4. The largest absolute Gasteiger partial charge is 0.493 e. The van der Waals surface area contributed by atoms with Crippen LogP contribution >= 0.6 is 0 Å². The summed E-state index contributed by atoms with van der Waals surface area (Å²) in [6.45, 7) is 17.4. The molecule has 32 heavy (non-hydrogen) atoms. The van der Waals surface area contributed by atoms with E-state index >= 15 is 0 Å². The van der Waals surface area contributed by atoms with Crippen molar-refractivity contribution in [1.82, 2.24) is 19.4 Å². The van der Waals surface area contributed by atoms with Gasteiger partial charge in [0, 0.05) is 33.4 Å². The van der Waals surface area contributed by atoms with Gasteiger partial charge in [-0.2, -0.15) is 0 Å². The fourth-order valence-corrected chi connectivity index (χ4v) is 4.12. The zero-order valence-electron chi connectivity index (χ0n) is 20.1. The van der Waals surface area contributed by atoms with E-state index < -0.39 is 0 Å². The fraction of sp³-hybridized carbons (Fsp3) is 0.500. The first-order valence-electron chi connectivity index (χ1n) is 11.3. The van der Waals surface area contributed by atoms with Gasteiger partial charge in [0.1, 0.15) is 17.2 Å². The van der Waals surface area contributed by atoms with Gasteiger partial charge in [-0.3, -0.25) is 9.38 Å². The second kappa shape index (κ2) is 6.88. The topological polar surface area (TPSA) is 61.5 Å². The smallest absolute Gasteiger partial charge is 0.148 e. The van der Waals surface area contributed by atoms with Crippen LogP contribution in [-0.2, 0) is 15.6 Å². The highest BCUT2D eigenvalue weighted by molar-refractivity contribution is 5.97. The molecule has 0 unspecified atom stereocenters. The third kappa shape index (κ3) is 3.51. The minimum absolute atomic E-state index is 0.0362. The standard InChI is InChI=1S/C26H32N4O2/c1-24(2,3)21-11-19-20(12-27-21)30-22(28-19)17-9-8-16(32-15-26(7)13-31-14-26)10-18(17)29-23(30)25(4,5)6/h8-12H,13-15H2,1-7H3. The predicted octanol–water partition coefficient (Wildman–Crippen LogP) is 5.44. The molecular weight excluding hydrogens is 400 g/mol. The maximum atomic E-state index is 6.11. The van der Waals surface area contributed by atoms with E-state index in [4.69, 9.17) is 24.4 Å². The molecule has 0 N–H and O–H groups in total. The number of fused-ring (bicyclic) bond motifs is 5. The van der Waals surface area contributed by atoms with Gasteiger partial charge in [-0.1, -0.05) is 48.5 Å². The number of pyridine rings is 1. The molecule has 0 radical (unpaired) electrons. The molecule has 1 aliphatic rings. The minimum atomic E-state index is -0.170. The number of hydrogen-bond donors (Lipinski definition) is 0. The van der Waals surface area contributed by atoms with Gasteiger partial charge < -0.3 is 9.47 Å². The van der Waals surface area contributed by atoms with Crippen LogP contribution in [0.25, 0.3) is 27.6 Å². The van der Waals surface area contributed by atoms with E-state index in [2.05, 4.69) is 65.0 Å². The van der Waals surface area contributed by atoms with Gasteiger partial charge in [-0.15, -0.1) is 0 Å². The van der Waals surface area contributed by atoms with Crippen molar-refractivity contribution in [2.45, 2.75) is 59.3 Å². The van der Waals surface area contributed by atoms with Crippen molar-refractivity contribution in [2.24, 2.45) is 5.41 Å². The first-order chi connectivity index (χ1) is 14.9. The zero-order valence-corrected chi connectivity index (χ0v) is 20.1. The molecule has 0 spiro atoms. The summed E-state index contributed by atoms with van der Waals surface area (Å²) in [5.74, 6) is 1.79. The van der Waals surface area contributed by atoms with Crippen molar-refractivity contribution >= 4 is 27.6 Å². The lowest BCUT2D eigenvalue weighted by molar-refractivity contribution is -0.120. The van der Waals surface area contributed by atoms with Crippen molar-refractivity contribution in [3.05, 3.63) is 42.0 Å². The predicted molar refractivity (Wildman–Crippen MR) is 128 cm³/mol. The molecule has 1 aliphatic heterocycles. The lowest BCUT2D eigenvalue weighted by Gasteiger charge is -2.37. The van der Waals surface area contributed by atoms with E-state index in [1.807, 2.05) is 18.3 Å². The van der Waals surface area contributed by atoms with Crippen molar-refractivity contribution < 1.29 is 9.47 Å². The van der Waals surface area contributed by atoms with Crippen LogP contribution in [-0.4, -0.2) is 39.2 Å². The number of imidazole rings is 1. The molecule has 0 aliphatic carbocycles. The van der Waals surface area contributed by atoms with Crippen LogP contribution in [0.5, 0.6) is 5.75 Å². The number of benzene rings is 1. The third-order valence-corrected chi connectivity index (χ3v) is 6.12. The molecule has 0 atom stereocenters. The van der Waals surface area contributed by atoms with Gasteiger partial charge in [0.25, 0.3) is 0 Å². The molecule has 1 aromatic carbocycles. The van der Waals surface area contributed by atoms with Gasteiger partial charge in [-0.25, -0.2) is 9.97 Å². The van der Waals surface area contributed by atoms with Crippen molar-refractivity contribution in [3.8, 4) is 5.75 Å². The number of rotatable bonds is 3. The maximum absolute atomic E-state index is 6.11. The molecule has 168 valence electrons. The van der Waals surface area contributed by atoms with Gasteiger partial charge in [-0.05, 0) is 18.2 Å². The van der Waals surface area contributed by atoms with Crippen molar-refractivity contribution in [3.63, 3.8) is 0 Å². The molecule has 6 nitrogen and oxygen atoms in total. The Morgan fingerprint density at radius 1 is 1.00 bits per heavy atom. The quantitative estimate of drug-likeness (QED) is 0.431. The molecular formula is C26H32N4O2. The molecule has 0 amide bonds. The summed E-state index contributed by atoms with van der Waals surface area (Å²) < 4.78 is 13.6. The molecule has 1 saturated heterocycles. The van der Waals surface area contributed by atoms with E-state index in [1.165, 1.54) is 0 Å². The van der Waals surface area contributed by atoms with Gasteiger partial charge in [0.05, 0.1) is 42.6 Å². The maximum Gasteiger partial charge on any atom is 0.148 e. The van der Waals surface area contributed by atoms with E-state index in [9.17, 15) is 0 Å². The van der Waals surface area contributed by atoms with Crippen LogP contribution in [0.15, 0.2) is 30.5 Å². The second-order valence-electron chi connectivity index (χ2n) is 11.5. The number of ether oxygens (including phenoxy) is 2. The summed E-state index contributed by atoms with van der Waals surface area (Å²) in [7, 11) is 0. The summed E-state index contributed by atoms with van der Waals surface area (Å²) in [5, 5.41) is 1.01. The SMILES string of the molecule is CC1(COc2ccc3c(c2)nc(C(C)(C)C)n2c4cnc(C(C)(C)C)cc4nc32)COC1. The highest BCUT2D eigenvalue weighted by Gasteiger charge is 2.34. The van der Waals surface area contributed by atoms with E-state index in [1.54, 1.807) is 0 Å². The number of aromatic nitrogens is 4. The third-order valence-electron chi connectivity index (χ3n) is 6.12. The molecule has 1 fully saturated rings. The van der Waals surface area contributed by atoms with Crippen LogP contribution in [0.2, 0.25) is 0 Å². The lowest BCUT2D eigenvalue weighted by Crippen LogP contribution is -2.44. The Bertz CT molecular complexity index is 1340. The molecule has 0 bridgehead atoms. The van der Waals surface area contributed by atoms with Crippen LogP contribution in [0.1, 0.15) is 60.0 Å². The van der Waals surface area contributed by atoms with Gasteiger partial charge >= 0.3 is 0 Å². The van der Waals surface area contributed by atoms with Crippen molar-refractivity contribution in [2.75, 3.05) is 19.8 Å². The minimum Gasteiger partial charge on any atom is -0.493 e.